The van der Waals surface area contributed by atoms with Crippen LogP contribution < -0.4 is 5.32 Å². The van der Waals surface area contributed by atoms with Crippen LogP contribution in [0.15, 0.2) is 36.4 Å². The molecular weight excluding hydrogens is 328 g/mol. The highest BCUT2D eigenvalue weighted by Gasteiger charge is 2.11. The number of rotatable bonds is 2. The Hall–Kier alpha value is -0.930. The van der Waals surface area contributed by atoms with Crippen molar-refractivity contribution in [1.82, 2.24) is 0 Å². The molecule has 0 saturated carbocycles. The third-order valence-electron chi connectivity index (χ3n) is 2.30. The van der Waals surface area contributed by atoms with Crippen molar-refractivity contribution in [3.05, 3.63) is 62.1 Å². The molecule has 6 heteroatoms. The molecule has 0 aliphatic heterocycles. The van der Waals surface area contributed by atoms with Gasteiger partial charge in [-0.1, -0.05) is 46.4 Å². The number of carbonyl (C=O) groups excluding carboxylic acids is 1. The lowest BCUT2D eigenvalue weighted by molar-refractivity contribution is 0.102. The Labute approximate surface area is 130 Å². The van der Waals surface area contributed by atoms with Gasteiger partial charge in [-0.15, -0.1) is 0 Å². The summed E-state index contributed by atoms with van der Waals surface area (Å²) in [5, 5.41) is 4.28. The third-order valence-corrected chi connectivity index (χ3v) is 3.28. The molecule has 0 saturated heterocycles. The van der Waals surface area contributed by atoms with Gasteiger partial charge in [0.1, 0.15) is 0 Å². The monoisotopic (exact) mass is 333 g/mol. The van der Waals surface area contributed by atoms with E-state index in [4.69, 9.17) is 46.4 Å². The average molecular weight is 335 g/mol. The molecule has 0 aliphatic rings. The first-order chi connectivity index (χ1) is 8.95. The van der Waals surface area contributed by atoms with Crippen LogP contribution in [0.4, 0.5) is 5.69 Å². The van der Waals surface area contributed by atoms with Gasteiger partial charge in [0.2, 0.25) is 0 Å². The van der Waals surface area contributed by atoms with E-state index in [1.165, 1.54) is 6.07 Å². The maximum absolute atomic E-state index is 12.0. The molecule has 2 rings (SSSR count). The van der Waals surface area contributed by atoms with E-state index >= 15 is 0 Å². The van der Waals surface area contributed by atoms with Crippen molar-refractivity contribution in [3.8, 4) is 0 Å². The van der Waals surface area contributed by atoms with Gasteiger partial charge < -0.3 is 5.32 Å². The van der Waals surface area contributed by atoms with Crippen LogP contribution in [0.3, 0.4) is 0 Å². The van der Waals surface area contributed by atoms with Crippen molar-refractivity contribution < 1.29 is 4.79 Å². The second kappa shape index (κ2) is 6.02. The molecule has 98 valence electrons. The zero-order chi connectivity index (χ0) is 14.0. The van der Waals surface area contributed by atoms with E-state index in [2.05, 4.69) is 5.32 Å². The van der Waals surface area contributed by atoms with Crippen LogP contribution in [0.5, 0.6) is 0 Å². The molecule has 0 aromatic heterocycles. The van der Waals surface area contributed by atoms with Gasteiger partial charge in [0.05, 0.1) is 10.6 Å². The molecule has 2 nitrogen and oxygen atoms in total. The molecule has 0 spiro atoms. The van der Waals surface area contributed by atoms with Crippen LogP contribution in [0, 0.1) is 0 Å². The Kier molecular flexibility index (Phi) is 4.58. The number of hydrogen-bond donors (Lipinski definition) is 1. The summed E-state index contributed by atoms with van der Waals surface area (Å²) in [5.74, 6) is -0.361. The molecule has 19 heavy (non-hydrogen) atoms. The first-order valence-corrected chi connectivity index (χ1v) is 6.69. The van der Waals surface area contributed by atoms with E-state index < -0.39 is 0 Å². The summed E-state index contributed by atoms with van der Waals surface area (Å²) in [5.41, 5.74) is 0.815. The summed E-state index contributed by atoms with van der Waals surface area (Å²) in [6, 6.07) is 9.40. The fraction of sp³-hybridized carbons (Fsp3) is 0. The summed E-state index contributed by atoms with van der Waals surface area (Å²) < 4.78 is 0. The van der Waals surface area contributed by atoms with Crippen LogP contribution in [-0.2, 0) is 0 Å². The lowest BCUT2D eigenvalue weighted by atomic mass is 10.2. The zero-order valence-electron chi connectivity index (χ0n) is 9.38. The minimum Gasteiger partial charge on any atom is -0.322 e. The standard InChI is InChI=1S/C13H7Cl4NO/c14-7-1-2-11(12(17)6-7)13(19)18-10-4-8(15)3-9(16)5-10/h1-6H,(H,18,19). The van der Waals surface area contributed by atoms with Crippen LogP contribution in [0.2, 0.25) is 20.1 Å². The molecule has 0 fully saturated rings. The maximum Gasteiger partial charge on any atom is 0.257 e. The maximum atomic E-state index is 12.0. The van der Waals surface area contributed by atoms with Crippen LogP contribution >= 0.6 is 46.4 Å². The second-order valence-corrected chi connectivity index (χ2v) is 5.45. The number of hydrogen-bond acceptors (Lipinski definition) is 1. The average Bonchev–Trinajstić information content (AvgIpc) is 2.26. The molecule has 0 aliphatic carbocycles. The fourth-order valence-corrected chi connectivity index (χ4v) is 2.52. The Balaban J connectivity index is 2.25. The van der Waals surface area contributed by atoms with Crippen LogP contribution in [0.1, 0.15) is 10.4 Å². The van der Waals surface area contributed by atoms with E-state index in [9.17, 15) is 4.79 Å². The van der Waals surface area contributed by atoms with E-state index in [1.54, 1.807) is 30.3 Å². The molecular formula is C13H7Cl4NO. The van der Waals surface area contributed by atoms with Gasteiger partial charge in [-0.2, -0.15) is 0 Å². The molecule has 2 aromatic rings. The molecule has 0 unspecified atom stereocenters. The topological polar surface area (TPSA) is 29.1 Å². The molecule has 1 amide bonds. The van der Waals surface area contributed by atoms with Crippen molar-refractivity contribution in [2.24, 2.45) is 0 Å². The normalized spacial score (nSPS) is 10.3. The van der Waals surface area contributed by atoms with E-state index in [0.717, 1.165) is 0 Å². The minimum absolute atomic E-state index is 0.276. The highest BCUT2D eigenvalue weighted by molar-refractivity contribution is 6.37. The van der Waals surface area contributed by atoms with E-state index in [-0.39, 0.29) is 10.9 Å². The van der Waals surface area contributed by atoms with Gasteiger partial charge in [-0.25, -0.2) is 0 Å². The highest BCUT2D eigenvalue weighted by Crippen LogP contribution is 2.25. The van der Waals surface area contributed by atoms with Gasteiger partial charge in [-0.05, 0) is 36.4 Å². The van der Waals surface area contributed by atoms with Gasteiger partial charge in [0, 0.05) is 20.8 Å². The SMILES string of the molecule is O=C(Nc1cc(Cl)cc(Cl)c1)c1ccc(Cl)cc1Cl. The van der Waals surface area contributed by atoms with Crippen molar-refractivity contribution >= 4 is 58.0 Å². The third kappa shape index (κ3) is 3.77. The summed E-state index contributed by atoms with van der Waals surface area (Å²) in [7, 11) is 0. The van der Waals surface area contributed by atoms with Gasteiger partial charge >= 0.3 is 0 Å². The minimum atomic E-state index is -0.361. The predicted octanol–water partition coefficient (Wildman–Crippen LogP) is 5.55. The molecule has 0 bridgehead atoms. The highest BCUT2D eigenvalue weighted by atomic mass is 35.5. The zero-order valence-corrected chi connectivity index (χ0v) is 12.4. The number of carbonyl (C=O) groups is 1. The number of amides is 1. The molecule has 0 heterocycles. The Bertz CT molecular complexity index is 622. The van der Waals surface area contributed by atoms with Gasteiger partial charge in [0.15, 0.2) is 0 Å². The largest absolute Gasteiger partial charge is 0.322 e. The number of anilines is 1. The number of nitrogens with one attached hydrogen (secondary N) is 1. The quantitative estimate of drug-likeness (QED) is 0.766. The first-order valence-electron chi connectivity index (χ1n) is 5.18. The summed E-state index contributed by atoms with van der Waals surface area (Å²) >= 11 is 23.4. The summed E-state index contributed by atoms with van der Waals surface area (Å²) in [4.78, 5) is 12.0. The smallest absolute Gasteiger partial charge is 0.257 e. The van der Waals surface area contributed by atoms with Gasteiger partial charge in [0.25, 0.3) is 5.91 Å². The van der Waals surface area contributed by atoms with Gasteiger partial charge in [-0.3, -0.25) is 4.79 Å². The molecule has 2 aromatic carbocycles. The number of halogens is 4. The predicted molar refractivity (Wildman–Crippen MR) is 80.9 cm³/mol. The Morgan fingerprint density at radius 1 is 0.842 bits per heavy atom. The molecule has 1 N–H and O–H groups in total. The lowest BCUT2D eigenvalue weighted by Gasteiger charge is -2.08. The molecule has 0 radical (unpaired) electrons. The van der Waals surface area contributed by atoms with Crippen molar-refractivity contribution in [1.29, 1.82) is 0 Å². The lowest BCUT2D eigenvalue weighted by Crippen LogP contribution is -2.12. The fourth-order valence-electron chi connectivity index (χ4n) is 1.50. The van der Waals surface area contributed by atoms with E-state index in [0.29, 0.717) is 26.3 Å². The second-order valence-electron chi connectivity index (χ2n) is 3.74. The number of benzene rings is 2. The van der Waals surface area contributed by atoms with Crippen molar-refractivity contribution in [3.63, 3.8) is 0 Å². The van der Waals surface area contributed by atoms with Crippen LogP contribution in [0.25, 0.3) is 0 Å². The van der Waals surface area contributed by atoms with Crippen LogP contribution in [-0.4, -0.2) is 5.91 Å². The van der Waals surface area contributed by atoms with E-state index in [1.807, 2.05) is 0 Å². The summed E-state index contributed by atoms with van der Waals surface area (Å²) in [6.45, 7) is 0. The van der Waals surface area contributed by atoms with Crippen molar-refractivity contribution in [2.45, 2.75) is 0 Å². The molecule has 0 atom stereocenters. The Morgan fingerprint density at radius 2 is 1.47 bits per heavy atom. The van der Waals surface area contributed by atoms with Crippen molar-refractivity contribution in [2.75, 3.05) is 5.32 Å². The first kappa shape index (κ1) is 14.5. The Morgan fingerprint density at radius 3 is 2.05 bits per heavy atom. The summed E-state index contributed by atoms with van der Waals surface area (Å²) in [6.07, 6.45) is 0.